The van der Waals surface area contributed by atoms with Crippen LogP contribution >= 0.6 is 28.4 Å². The van der Waals surface area contributed by atoms with Gasteiger partial charge in [0.25, 0.3) is 0 Å². The Balaban J connectivity index is 3.22. The summed E-state index contributed by atoms with van der Waals surface area (Å²) in [4.78, 5) is 12.2. The maximum atomic E-state index is 12.2. The molecule has 0 radical (unpaired) electrons. The first-order chi connectivity index (χ1) is 8.08. The summed E-state index contributed by atoms with van der Waals surface area (Å²) in [5.41, 5.74) is -1.02. The van der Waals surface area contributed by atoms with Crippen molar-refractivity contribution in [2.75, 3.05) is 0 Å². The van der Waals surface area contributed by atoms with Crippen molar-refractivity contribution in [2.24, 2.45) is 5.92 Å². The molecule has 0 spiro atoms. The molecule has 17 heavy (non-hydrogen) atoms. The minimum Gasteiger partial charge on any atom is -0.356 e. The Hall–Kier alpha value is 0.580. The van der Waals surface area contributed by atoms with Crippen LogP contribution in [0.5, 0.6) is 0 Å². The molecular weight excluding hydrogens is 277 g/mol. The third-order valence-electron chi connectivity index (χ3n) is 3.39. The summed E-state index contributed by atoms with van der Waals surface area (Å²) in [5.74, 6) is -0.0711. The van der Waals surface area contributed by atoms with Crippen LogP contribution in [0.3, 0.4) is 0 Å². The van der Waals surface area contributed by atoms with Crippen LogP contribution in [0.2, 0.25) is 0 Å². The van der Waals surface area contributed by atoms with Gasteiger partial charge in [0.05, 0.1) is 0 Å². The van der Waals surface area contributed by atoms with Gasteiger partial charge in [-0.1, -0.05) is 20.3 Å². The highest BCUT2D eigenvalue weighted by molar-refractivity contribution is 7.10. The lowest BCUT2D eigenvalue weighted by atomic mass is 9.74. The zero-order valence-electron chi connectivity index (χ0n) is 9.96. The third-order valence-corrected chi connectivity index (χ3v) is 4.38. The molecule has 0 aromatic heterocycles. The average Bonchev–Trinajstić information content (AvgIpc) is 2.37. The van der Waals surface area contributed by atoms with Gasteiger partial charge in [-0.2, -0.15) is 0 Å². The first-order valence-corrected chi connectivity index (χ1v) is 6.81. The fraction of sp³-hybridized carbons (Fsp3) is 0.700. The van der Waals surface area contributed by atoms with Crippen molar-refractivity contribution in [1.82, 2.24) is 0 Å². The Morgan fingerprint density at radius 3 is 2.47 bits per heavy atom. The highest BCUT2D eigenvalue weighted by Gasteiger charge is 2.54. The molecule has 1 aliphatic carbocycles. The summed E-state index contributed by atoms with van der Waals surface area (Å²) in [6, 6.07) is 0. The van der Waals surface area contributed by atoms with Crippen molar-refractivity contribution >= 4 is 34.2 Å². The Labute approximate surface area is 109 Å². The summed E-state index contributed by atoms with van der Waals surface area (Å²) in [7, 11) is 6.56. The van der Waals surface area contributed by atoms with Gasteiger partial charge in [-0.3, -0.25) is 4.79 Å². The molecule has 0 aromatic rings. The predicted octanol–water partition coefficient (Wildman–Crippen LogP) is 2.07. The molecule has 0 aliphatic heterocycles. The normalized spacial score (nSPS) is 35.0. The maximum Gasteiger partial charge on any atom is 0.190 e. The zero-order valence-corrected chi connectivity index (χ0v) is 13.4. The van der Waals surface area contributed by atoms with Crippen molar-refractivity contribution in [3.8, 4) is 0 Å². The van der Waals surface area contributed by atoms with Crippen LogP contribution in [0, 0.1) is 5.92 Å². The Morgan fingerprint density at radius 2 is 2.06 bits per heavy atom. The molecule has 4 unspecified atom stereocenters. The van der Waals surface area contributed by atoms with Crippen LogP contribution in [0.4, 0.5) is 0 Å². The molecule has 0 saturated heterocycles. The molecule has 1 rings (SSSR count). The number of hydrogen-bond acceptors (Lipinski definition) is 4. The molecule has 0 aromatic carbocycles. The van der Waals surface area contributed by atoms with Gasteiger partial charge in [0.15, 0.2) is 11.4 Å². The molecule has 0 fully saturated rings. The molecule has 98 valence electrons. The lowest BCUT2D eigenvalue weighted by molar-refractivity contribution is -0.150. The van der Waals surface area contributed by atoms with Crippen molar-refractivity contribution < 1.29 is 18.4 Å². The summed E-state index contributed by atoms with van der Waals surface area (Å²) in [6.45, 7) is 3.98. The molecule has 7 heteroatoms. The standard InChI is InChI=1S/C10H19O4P3/c1-3-6(2)10(14-17)8(11)5-4-7(12-15)9(10)13-16/h4-7,9H,3,15-17H2,1-2H3/t6?,7-,9+,10-/m0/s1. The van der Waals surface area contributed by atoms with Gasteiger partial charge < -0.3 is 13.6 Å². The van der Waals surface area contributed by atoms with E-state index in [2.05, 4.69) is 28.4 Å². The second-order valence-corrected chi connectivity index (χ2v) is 4.88. The van der Waals surface area contributed by atoms with Crippen LogP contribution in [-0.4, -0.2) is 23.6 Å². The zero-order chi connectivity index (χ0) is 13.1. The predicted molar refractivity (Wildman–Crippen MR) is 76.3 cm³/mol. The molecular formula is C10H19O4P3. The Bertz CT molecular complexity index is 310. The number of carbonyl (C=O) groups is 1. The molecule has 0 saturated carbocycles. The van der Waals surface area contributed by atoms with Crippen LogP contribution in [0.1, 0.15) is 20.3 Å². The van der Waals surface area contributed by atoms with E-state index in [9.17, 15) is 4.79 Å². The summed E-state index contributed by atoms with van der Waals surface area (Å²) in [5, 5.41) is 0. The van der Waals surface area contributed by atoms with Crippen molar-refractivity contribution in [1.29, 1.82) is 0 Å². The molecule has 0 N–H and O–H groups in total. The largest absolute Gasteiger partial charge is 0.356 e. The van der Waals surface area contributed by atoms with E-state index in [0.717, 1.165) is 6.42 Å². The minimum atomic E-state index is -1.02. The second-order valence-electron chi connectivity index (χ2n) is 4.10. The molecule has 0 heterocycles. The third kappa shape index (κ3) is 2.63. The molecule has 1 aliphatic rings. The van der Waals surface area contributed by atoms with Gasteiger partial charge in [-0.15, -0.1) is 0 Å². The molecule has 0 bridgehead atoms. The van der Waals surface area contributed by atoms with Gasteiger partial charge in [0.2, 0.25) is 0 Å². The molecule has 7 atom stereocenters. The number of ketones is 1. The number of hydrogen-bond donors (Lipinski definition) is 0. The second kappa shape index (κ2) is 6.66. The topological polar surface area (TPSA) is 44.8 Å². The first-order valence-electron chi connectivity index (χ1n) is 5.40. The first kappa shape index (κ1) is 15.6. The highest BCUT2D eigenvalue weighted by atomic mass is 31.0. The summed E-state index contributed by atoms with van der Waals surface area (Å²) < 4.78 is 16.1. The van der Waals surface area contributed by atoms with E-state index in [1.54, 1.807) is 6.08 Å². The van der Waals surface area contributed by atoms with Crippen LogP contribution in [-0.2, 0) is 18.4 Å². The van der Waals surface area contributed by atoms with Gasteiger partial charge in [-0.05, 0) is 18.1 Å². The fourth-order valence-electron chi connectivity index (χ4n) is 2.16. The van der Waals surface area contributed by atoms with E-state index in [4.69, 9.17) is 13.6 Å². The van der Waals surface area contributed by atoms with E-state index in [1.165, 1.54) is 6.08 Å². The van der Waals surface area contributed by atoms with Gasteiger partial charge >= 0.3 is 0 Å². The van der Waals surface area contributed by atoms with E-state index >= 15 is 0 Å². The van der Waals surface area contributed by atoms with Crippen molar-refractivity contribution in [3.63, 3.8) is 0 Å². The van der Waals surface area contributed by atoms with Crippen LogP contribution < -0.4 is 0 Å². The van der Waals surface area contributed by atoms with Crippen LogP contribution in [0.25, 0.3) is 0 Å². The lowest BCUT2D eigenvalue weighted by Crippen LogP contribution is -2.60. The van der Waals surface area contributed by atoms with E-state index < -0.39 is 11.7 Å². The number of carbonyl (C=O) groups excluding carboxylic acids is 1. The Kier molecular flexibility index (Phi) is 6.13. The number of rotatable bonds is 5. The van der Waals surface area contributed by atoms with Gasteiger partial charge in [0, 0.05) is 28.4 Å². The van der Waals surface area contributed by atoms with E-state index in [1.807, 2.05) is 13.8 Å². The Morgan fingerprint density at radius 1 is 1.41 bits per heavy atom. The van der Waals surface area contributed by atoms with Crippen molar-refractivity contribution in [3.05, 3.63) is 12.2 Å². The molecule has 4 nitrogen and oxygen atoms in total. The van der Waals surface area contributed by atoms with Crippen molar-refractivity contribution in [2.45, 2.75) is 38.1 Å². The fourth-order valence-corrected chi connectivity index (χ4v) is 3.23. The quantitative estimate of drug-likeness (QED) is 0.729. The monoisotopic (exact) mass is 296 g/mol. The van der Waals surface area contributed by atoms with Gasteiger partial charge in [-0.25, -0.2) is 0 Å². The summed E-state index contributed by atoms with van der Waals surface area (Å²) >= 11 is 0. The van der Waals surface area contributed by atoms with E-state index in [0.29, 0.717) is 0 Å². The maximum absolute atomic E-state index is 12.2. The highest BCUT2D eigenvalue weighted by Crippen LogP contribution is 2.40. The lowest BCUT2D eigenvalue weighted by Gasteiger charge is -2.44. The van der Waals surface area contributed by atoms with Gasteiger partial charge in [0.1, 0.15) is 12.2 Å². The van der Waals surface area contributed by atoms with E-state index in [-0.39, 0.29) is 17.8 Å². The molecule has 0 amide bonds. The average molecular weight is 296 g/mol. The minimum absolute atomic E-state index is 0.0191. The van der Waals surface area contributed by atoms with Crippen LogP contribution in [0.15, 0.2) is 12.2 Å². The smallest absolute Gasteiger partial charge is 0.190 e. The summed E-state index contributed by atoms with van der Waals surface area (Å²) in [6.07, 6.45) is 3.18. The SMILES string of the molecule is CCC(C)[C@]1(OP)C(=O)C=C[C@H](OP)[C@H]1OP.